The fraction of sp³-hybridized carbons (Fsp3) is 0.357. The standard InChI is InChI=1S/C14H19N3S/c1-14(2,13-16-9-10-18-13)17-8-7-11-3-5-12(15)6-4-11/h3-6,9-10,17H,7-8,15H2,1-2H3. The van der Waals surface area contributed by atoms with Gasteiger partial charge in [0.2, 0.25) is 0 Å². The van der Waals surface area contributed by atoms with E-state index in [-0.39, 0.29) is 5.54 Å². The van der Waals surface area contributed by atoms with Crippen LogP contribution in [0.5, 0.6) is 0 Å². The van der Waals surface area contributed by atoms with Crippen LogP contribution >= 0.6 is 11.3 Å². The Bertz CT molecular complexity index is 474. The first-order valence-electron chi connectivity index (χ1n) is 6.07. The van der Waals surface area contributed by atoms with E-state index in [1.54, 1.807) is 11.3 Å². The minimum absolute atomic E-state index is 0.0675. The van der Waals surface area contributed by atoms with Gasteiger partial charge in [0.05, 0.1) is 5.54 Å². The fourth-order valence-corrected chi connectivity index (χ4v) is 2.55. The molecule has 0 spiro atoms. The number of benzene rings is 1. The monoisotopic (exact) mass is 261 g/mol. The number of thiazole rings is 1. The number of rotatable bonds is 5. The number of nitrogens with zero attached hydrogens (tertiary/aromatic N) is 1. The molecule has 3 nitrogen and oxygen atoms in total. The molecule has 1 aromatic carbocycles. The van der Waals surface area contributed by atoms with E-state index in [0.717, 1.165) is 23.7 Å². The highest BCUT2D eigenvalue weighted by Crippen LogP contribution is 2.21. The van der Waals surface area contributed by atoms with Gasteiger partial charge in [-0.15, -0.1) is 11.3 Å². The van der Waals surface area contributed by atoms with Gasteiger partial charge >= 0.3 is 0 Å². The first kappa shape index (κ1) is 13.1. The molecule has 4 heteroatoms. The fourth-order valence-electron chi connectivity index (χ4n) is 1.81. The summed E-state index contributed by atoms with van der Waals surface area (Å²) in [5, 5.41) is 6.68. The van der Waals surface area contributed by atoms with Crippen molar-refractivity contribution in [3.8, 4) is 0 Å². The summed E-state index contributed by atoms with van der Waals surface area (Å²) in [5.74, 6) is 0. The number of hydrogen-bond acceptors (Lipinski definition) is 4. The van der Waals surface area contributed by atoms with Crippen molar-refractivity contribution >= 4 is 17.0 Å². The van der Waals surface area contributed by atoms with Crippen LogP contribution in [-0.2, 0) is 12.0 Å². The maximum Gasteiger partial charge on any atom is 0.112 e. The zero-order valence-corrected chi connectivity index (χ0v) is 11.6. The molecule has 0 amide bonds. The third-order valence-electron chi connectivity index (χ3n) is 2.93. The highest BCUT2D eigenvalue weighted by atomic mass is 32.1. The Kier molecular flexibility index (Phi) is 3.99. The van der Waals surface area contributed by atoms with E-state index in [4.69, 9.17) is 5.73 Å². The van der Waals surface area contributed by atoms with Crippen LogP contribution < -0.4 is 11.1 Å². The predicted molar refractivity (Wildman–Crippen MR) is 77.7 cm³/mol. The minimum atomic E-state index is -0.0675. The van der Waals surface area contributed by atoms with Crippen LogP contribution in [0.4, 0.5) is 5.69 Å². The molecule has 0 aliphatic heterocycles. The Morgan fingerprint density at radius 3 is 2.61 bits per heavy atom. The third kappa shape index (κ3) is 3.31. The number of nitrogens with two attached hydrogens (primary N) is 1. The van der Waals surface area contributed by atoms with Crippen molar-refractivity contribution in [2.24, 2.45) is 0 Å². The normalized spacial score (nSPS) is 11.7. The Morgan fingerprint density at radius 1 is 1.28 bits per heavy atom. The zero-order chi connectivity index (χ0) is 13.0. The van der Waals surface area contributed by atoms with Crippen molar-refractivity contribution in [1.82, 2.24) is 10.3 Å². The molecule has 0 atom stereocenters. The molecule has 0 aliphatic carbocycles. The van der Waals surface area contributed by atoms with E-state index in [9.17, 15) is 0 Å². The SMILES string of the molecule is CC(C)(NCCc1ccc(N)cc1)c1nccs1. The molecule has 2 aromatic rings. The van der Waals surface area contributed by atoms with Crippen molar-refractivity contribution in [1.29, 1.82) is 0 Å². The lowest BCUT2D eigenvalue weighted by Crippen LogP contribution is -2.37. The molecule has 0 radical (unpaired) electrons. The summed E-state index contributed by atoms with van der Waals surface area (Å²) in [6.07, 6.45) is 2.85. The highest BCUT2D eigenvalue weighted by molar-refractivity contribution is 7.09. The largest absolute Gasteiger partial charge is 0.399 e. The summed E-state index contributed by atoms with van der Waals surface area (Å²) in [5.41, 5.74) is 7.71. The molecule has 1 aromatic heterocycles. The lowest BCUT2D eigenvalue weighted by molar-refractivity contribution is 0.405. The van der Waals surface area contributed by atoms with Gasteiger partial charge in [0.25, 0.3) is 0 Å². The molecule has 0 aliphatic rings. The zero-order valence-electron chi connectivity index (χ0n) is 10.8. The Labute approximate surface area is 112 Å². The number of anilines is 1. The molecular formula is C14H19N3S. The van der Waals surface area contributed by atoms with Crippen LogP contribution in [0.15, 0.2) is 35.8 Å². The van der Waals surface area contributed by atoms with Crippen LogP contribution in [0.1, 0.15) is 24.4 Å². The van der Waals surface area contributed by atoms with Gasteiger partial charge in [0, 0.05) is 23.8 Å². The number of aromatic nitrogens is 1. The van der Waals surface area contributed by atoms with Crippen molar-refractivity contribution in [3.63, 3.8) is 0 Å². The van der Waals surface area contributed by atoms with Crippen LogP contribution in [0, 0.1) is 0 Å². The second-order valence-corrected chi connectivity index (χ2v) is 5.78. The average Bonchev–Trinajstić information content (AvgIpc) is 2.86. The predicted octanol–water partition coefficient (Wildman–Crippen LogP) is 2.79. The van der Waals surface area contributed by atoms with Crippen molar-refractivity contribution in [2.45, 2.75) is 25.8 Å². The van der Waals surface area contributed by atoms with Gasteiger partial charge in [-0.05, 0) is 38.0 Å². The van der Waals surface area contributed by atoms with Gasteiger partial charge in [-0.1, -0.05) is 12.1 Å². The summed E-state index contributed by atoms with van der Waals surface area (Å²) in [6.45, 7) is 5.25. The minimum Gasteiger partial charge on any atom is -0.399 e. The summed E-state index contributed by atoms with van der Waals surface area (Å²) >= 11 is 1.69. The first-order valence-corrected chi connectivity index (χ1v) is 6.95. The maximum absolute atomic E-state index is 5.67. The van der Waals surface area contributed by atoms with Gasteiger partial charge in [0.15, 0.2) is 0 Å². The smallest absolute Gasteiger partial charge is 0.112 e. The van der Waals surface area contributed by atoms with E-state index in [1.807, 2.05) is 23.7 Å². The van der Waals surface area contributed by atoms with E-state index >= 15 is 0 Å². The van der Waals surface area contributed by atoms with E-state index in [0.29, 0.717) is 0 Å². The number of hydrogen-bond donors (Lipinski definition) is 2. The van der Waals surface area contributed by atoms with E-state index in [1.165, 1.54) is 5.56 Å². The second-order valence-electron chi connectivity index (χ2n) is 4.88. The van der Waals surface area contributed by atoms with E-state index in [2.05, 4.69) is 36.3 Å². The third-order valence-corrected chi connectivity index (χ3v) is 4.02. The average molecular weight is 261 g/mol. The van der Waals surface area contributed by atoms with Crippen LogP contribution in [0.2, 0.25) is 0 Å². The second kappa shape index (κ2) is 5.50. The van der Waals surface area contributed by atoms with Crippen molar-refractivity contribution in [3.05, 3.63) is 46.4 Å². The molecule has 0 fully saturated rings. The van der Waals surface area contributed by atoms with Crippen LogP contribution in [0.3, 0.4) is 0 Å². The lowest BCUT2D eigenvalue weighted by Gasteiger charge is -2.23. The Balaban J connectivity index is 1.87. The molecule has 2 rings (SSSR count). The lowest BCUT2D eigenvalue weighted by atomic mass is 10.1. The quantitative estimate of drug-likeness (QED) is 0.814. The van der Waals surface area contributed by atoms with Crippen LogP contribution in [-0.4, -0.2) is 11.5 Å². The van der Waals surface area contributed by atoms with E-state index < -0.39 is 0 Å². The molecule has 3 N–H and O–H groups in total. The van der Waals surface area contributed by atoms with Gasteiger partial charge in [0.1, 0.15) is 5.01 Å². The number of nitrogen functional groups attached to an aromatic ring is 1. The molecule has 96 valence electrons. The Hall–Kier alpha value is -1.39. The van der Waals surface area contributed by atoms with Crippen molar-refractivity contribution in [2.75, 3.05) is 12.3 Å². The molecule has 1 heterocycles. The highest BCUT2D eigenvalue weighted by Gasteiger charge is 2.21. The molecule has 0 saturated heterocycles. The van der Waals surface area contributed by atoms with Gasteiger partial charge in [-0.25, -0.2) is 4.98 Å². The summed E-state index contributed by atoms with van der Waals surface area (Å²) < 4.78 is 0. The summed E-state index contributed by atoms with van der Waals surface area (Å²) in [6, 6.07) is 8.05. The molecule has 18 heavy (non-hydrogen) atoms. The van der Waals surface area contributed by atoms with Gasteiger partial charge < -0.3 is 11.1 Å². The molecule has 0 saturated carbocycles. The summed E-state index contributed by atoms with van der Waals surface area (Å²) in [7, 11) is 0. The molecule has 0 unspecified atom stereocenters. The Morgan fingerprint density at radius 2 is 2.00 bits per heavy atom. The molecule has 0 bridgehead atoms. The van der Waals surface area contributed by atoms with Gasteiger partial charge in [-0.2, -0.15) is 0 Å². The summed E-state index contributed by atoms with van der Waals surface area (Å²) in [4.78, 5) is 4.36. The topological polar surface area (TPSA) is 50.9 Å². The van der Waals surface area contributed by atoms with Crippen molar-refractivity contribution < 1.29 is 0 Å². The number of nitrogens with one attached hydrogen (secondary N) is 1. The van der Waals surface area contributed by atoms with Gasteiger partial charge in [-0.3, -0.25) is 0 Å². The molecular weight excluding hydrogens is 242 g/mol. The maximum atomic E-state index is 5.67. The van der Waals surface area contributed by atoms with Crippen LogP contribution in [0.25, 0.3) is 0 Å². The first-order chi connectivity index (χ1) is 8.58.